The van der Waals surface area contributed by atoms with Crippen molar-refractivity contribution in [3.05, 3.63) is 59.7 Å². The molecule has 6 nitrogen and oxygen atoms in total. The van der Waals surface area contributed by atoms with Crippen LogP contribution in [0.3, 0.4) is 0 Å². The quantitative estimate of drug-likeness (QED) is 0.391. The summed E-state index contributed by atoms with van der Waals surface area (Å²) in [5.74, 6) is -1.53. The highest BCUT2D eigenvalue weighted by molar-refractivity contribution is 5.84. The Bertz CT molecular complexity index is 1240. The largest absolute Gasteiger partial charge is 0.413 e. The van der Waals surface area contributed by atoms with E-state index in [0.29, 0.717) is 16.9 Å². The van der Waals surface area contributed by atoms with Gasteiger partial charge in [0.2, 0.25) is 11.8 Å². The Hall–Kier alpha value is -3.45. The molecule has 0 aliphatic heterocycles. The molecule has 1 aliphatic rings. The fourth-order valence-corrected chi connectivity index (χ4v) is 4.65. The molecule has 1 saturated carbocycles. The molecule has 0 spiro atoms. The van der Waals surface area contributed by atoms with E-state index in [1.165, 1.54) is 38.1 Å². The van der Waals surface area contributed by atoms with E-state index in [-0.39, 0.29) is 18.4 Å². The SMILES string of the molecule is CC(C)(F)C[C@H](N)C(=O)N([C@@H](c1ccc(-c2ccc(CC(C)(C)C(N)=O)cc2)cc1)C(F)(F)F)C1(C#N)CC1. The number of halogens is 4. The maximum absolute atomic E-state index is 14.5. The van der Waals surface area contributed by atoms with Gasteiger partial charge in [-0.2, -0.15) is 18.4 Å². The first kappa shape index (κ1) is 30.1. The molecule has 2 atom stereocenters. The van der Waals surface area contributed by atoms with E-state index in [2.05, 4.69) is 0 Å². The second-order valence-corrected chi connectivity index (χ2v) is 11.6. The molecule has 0 aromatic heterocycles. The van der Waals surface area contributed by atoms with Crippen LogP contribution in [0, 0.1) is 16.7 Å². The third-order valence-corrected chi connectivity index (χ3v) is 7.05. The number of hydrogen-bond donors (Lipinski definition) is 2. The van der Waals surface area contributed by atoms with Crippen molar-refractivity contribution >= 4 is 11.8 Å². The third kappa shape index (κ3) is 6.95. The second-order valence-electron chi connectivity index (χ2n) is 11.6. The molecule has 0 saturated heterocycles. The van der Waals surface area contributed by atoms with Crippen LogP contribution in [-0.4, -0.2) is 40.1 Å². The zero-order valence-corrected chi connectivity index (χ0v) is 22.5. The van der Waals surface area contributed by atoms with E-state index in [9.17, 15) is 32.4 Å². The lowest BCUT2D eigenvalue weighted by Crippen LogP contribution is -2.55. The summed E-state index contributed by atoms with van der Waals surface area (Å²) in [4.78, 5) is 25.4. The Morgan fingerprint density at radius 3 is 1.85 bits per heavy atom. The average Bonchev–Trinajstić information content (AvgIpc) is 3.61. The van der Waals surface area contributed by atoms with Crippen LogP contribution in [0.15, 0.2) is 48.5 Å². The third-order valence-electron chi connectivity index (χ3n) is 7.05. The van der Waals surface area contributed by atoms with Crippen molar-refractivity contribution in [3.63, 3.8) is 0 Å². The van der Waals surface area contributed by atoms with Crippen LogP contribution < -0.4 is 11.5 Å². The van der Waals surface area contributed by atoms with Crippen LogP contribution in [0.5, 0.6) is 0 Å². The number of alkyl halides is 4. The van der Waals surface area contributed by atoms with Crippen molar-refractivity contribution in [2.75, 3.05) is 0 Å². The van der Waals surface area contributed by atoms with Crippen LogP contribution in [0.4, 0.5) is 17.6 Å². The van der Waals surface area contributed by atoms with Gasteiger partial charge < -0.3 is 16.4 Å². The Morgan fingerprint density at radius 2 is 1.46 bits per heavy atom. The Kier molecular flexibility index (Phi) is 8.19. The molecule has 1 fully saturated rings. The smallest absolute Gasteiger partial charge is 0.369 e. The minimum absolute atomic E-state index is 0.0740. The van der Waals surface area contributed by atoms with E-state index in [1.54, 1.807) is 26.0 Å². The van der Waals surface area contributed by atoms with Gasteiger partial charge in [0.1, 0.15) is 11.2 Å². The van der Waals surface area contributed by atoms with Gasteiger partial charge in [-0.1, -0.05) is 62.4 Å². The van der Waals surface area contributed by atoms with Crippen LogP contribution in [0.25, 0.3) is 11.1 Å². The lowest BCUT2D eigenvalue weighted by Gasteiger charge is -2.38. The number of carbonyl (C=O) groups is 2. The van der Waals surface area contributed by atoms with Crippen LogP contribution >= 0.6 is 0 Å². The van der Waals surface area contributed by atoms with E-state index < -0.39 is 53.1 Å². The van der Waals surface area contributed by atoms with Gasteiger partial charge in [-0.05, 0) is 55.4 Å². The van der Waals surface area contributed by atoms with E-state index in [1.807, 2.05) is 18.2 Å². The molecule has 0 radical (unpaired) electrons. The van der Waals surface area contributed by atoms with Gasteiger partial charge in [-0.25, -0.2) is 4.39 Å². The summed E-state index contributed by atoms with van der Waals surface area (Å²) in [6.45, 7) is 5.87. The van der Waals surface area contributed by atoms with Crippen molar-refractivity contribution in [1.82, 2.24) is 4.90 Å². The lowest BCUT2D eigenvalue weighted by molar-refractivity contribution is -0.198. The predicted octanol–water partition coefficient (Wildman–Crippen LogP) is 5.36. The molecule has 0 unspecified atom stereocenters. The molecule has 2 aromatic rings. The summed E-state index contributed by atoms with van der Waals surface area (Å²) in [5.41, 5.74) is 9.08. The predicted molar refractivity (Wildman–Crippen MR) is 140 cm³/mol. The van der Waals surface area contributed by atoms with E-state index in [0.717, 1.165) is 11.1 Å². The Labute approximate surface area is 226 Å². The van der Waals surface area contributed by atoms with Crippen molar-refractivity contribution in [2.45, 2.75) is 82.8 Å². The monoisotopic (exact) mass is 546 g/mol. The topological polar surface area (TPSA) is 113 Å². The molecule has 2 amide bonds. The molecular weight excluding hydrogens is 512 g/mol. The summed E-state index contributed by atoms with van der Waals surface area (Å²) < 4.78 is 57.8. The number of nitriles is 1. The standard InChI is InChI=1S/C29H34F4N4O2/c1-26(2,25(36)39)15-18-5-7-19(8-6-18)20-9-11-21(12-10-20)23(29(31,32)33)37(28(17-34)13-14-28)24(38)22(35)16-27(3,4)30/h5-12,22-23H,13-16,35H2,1-4H3,(H2,36,39)/t22-,23-/m0/s1. The Balaban J connectivity index is 1.94. The second kappa shape index (κ2) is 10.6. The van der Waals surface area contributed by atoms with Gasteiger partial charge in [0.05, 0.1) is 12.1 Å². The molecule has 10 heteroatoms. The zero-order chi connectivity index (χ0) is 29.4. The molecule has 210 valence electrons. The van der Waals surface area contributed by atoms with Crippen molar-refractivity contribution in [1.29, 1.82) is 5.26 Å². The first-order chi connectivity index (χ1) is 17.9. The van der Waals surface area contributed by atoms with Crippen LogP contribution in [-0.2, 0) is 16.0 Å². The fraction of sp³-hybridized carbons (Fsp3) is 0.483. The Morgan fingerprint density at radius 1 is 0.974 bits per heavy atom. The van der Waals surface area contributed by atoms with Crippen molar-refractivity contribution in [3.8, 4) is 17.2 Å². The van der Waals surface area contributed by atoms with Gasteiger partial charge >= 0.3 is 6.18 Å². The number of hydrogen-bond acceptors (Lipinski definition) is 4. The highest BCUT2D eigenvalue weighted by atomic mass is 19.4. The average molecular weight is 547 g/mol. The molecule has 2 aromatic carbocycles. The van der Waals surface area contributed by atoms with Crippen molar-refractivity contribution < 1.29 is 27.2 Å². The fourth-order valence-electron chi connectivity index (χ4n) is 4.65. The normalized spacial score (nSPS) is 16.6. The molecule has 0 bridgehead atoms. The highest BCUT2D eigenvalue weighted by Gasteiger charge is 2.60. The summed E-state index contributed by atoms with van der Waals surface area (Å²) in [6, 6.07) is 10.7. The molecule has 4 N–H and O–H groups in total. The summed E-state index contributed by atoms with van der Waals surface area (Å²) in [5, 5.41) is 9.72. The summed E-state index contributed by atoms with van der Waals surface area (Å²) in [7, 11) is 0. The van der Waals surface area contributed by atoms with Gasteiger partial charge in [0, 0.05) is 11.8 Å². The number of primary amides is 1. The van der Waals surface area contributed by atoms with Crippen LogP contribution in [0.1, 0.15) is 64.1 Å². The number of benzene rings is 2. The maximum atomic E-state index is 14.5. The molecular formula is C29H34F4N4O2. The summed E-state index contributed by atoms with van der Waals surface area (Å²) >= 11 is 0. The number of rotatable bonds is 10. The zero-order valence-electron chi connectivity index (χ0n) is 22.5. The number of nitrogens with two attached hydrogens (primary N) is 2. The minimum Gasteiger partial charge on any atom is -0.369 e. The highest BCUT2D eigenvalue weighted by Crippen LogP contribution is 2.50. The van der Waals surface area contributed by atoms with Gasteiger partial charge in [0.25, 0.3) is 0 Å². The van der Waals surface area contributed by atoms with Gasteiger partial charge in [-0.3, -0.25) is 9.59 Å². The first-order valence-electron chi connectivity index (χ1n) is 12.6. The van der Waals surface area contributed by atoms with E-state index in [4.69, 9.17) is 11.5 Å². The first-order valence-corrected chi connectivity index (χ1v) is 12.6. The summed E-state index contributed by atoms with van der Waals surface area (Å²) in [6.07, 6.45) is -4.82. The molecule has 39 heavy (non-hydrogen) atoms. The maximum Gasteiger partial charge on any atom is 0.413 e. The lowest BCUT2D eigenvalue weighted by atomic mass is 9.85. The van der Waals surface area contributed by atoms with Crippen molar-refractivity contribution in [2.24, 2.45) is 16.9 Å². The van der Waals surface area contributed by atoms with Gasteiger partial charge in [-0.15, -0.1) is 0 Å². The van der Waals surface area contributed by atoms with Crippen LogP contribution in [0.2, 0.25) is 0 Å². The number of nitrogens with zero attached hydrogens (tertiary/aromatic N) is 2. The number of carbonyl (C=O) groups excluding carboxylic acids is 2. The minimum atomic E-state index is -4.91. The van der Waals surface area contributed by atoms with Gasteiger partial charge in [0.15, 0.2) is 6.04 Å². The molecule has 1 aliphatic carbocycles. The molecule has 3 rings (SSSR count). The van der Waals surface area contributed by atoms with E-state index >= 15 is 0 Å². The number of amides is 2. The molecule has 0 heterocycles.